The van der Waals surface area contributed by atoms with Gasteiger partial charge in [-0.3, -0.25) is 0 Å². The number of rotatable bonds is 2. The summed E-state index contributed by atoms with van der Waals surface area (Å²) in [6, 6.07) is 3.21. The number of fused-ring (bicyclic) bond motifs is 1. The quantitative estimate of drug-likeness (QED) is 0.900. The number of aromatic nitrogens is 2. The van der Waals surface area contributed by atoms with Gasteiger partial charge in [0, 0.05) is 30.5 Å². The smallest absolute Gasteiger partial charge is 0.322 e. The molecular formula is C16H17ClN4O3. The number of nitrogens with one attached hydrogen (secondary N) is 1. The first-order valence-electron chi connectivity index (χ1n) is 7.95. The van der Waals surface area contributed by atoms with Crippen molar-refractivity contribution in [3.05, 3.63) is 34.4 Å². The average molecular weight is 349 g/mol. The lowest BCUT2D eigenvalue weighted by Gasteiger charge is -2.23. The first-order valence-corrected chi connectivity index (χ1v) is 8.32. The number of anilines is 1. The van der Waals surface area contributed by atoms with Crippen LogP contribution in [0.3, 0.4) is 0 Å². The van der Waals surface area contributed by atoms with Crippen LogP contribution in [0.2, 0.25) is 5.02 Å². The van der Waals surface area contributed by atoms with Gasteiger partial charge in [-0.05, 0) is 25.0 Å². The molecule has 1 N–H and O–H groups in total. The van der Waals surface area contributed by atoms with Crippen molar-refractivity contribution in [2.24, 2.45) is 0 Å². The zero-order valence-corrected chi connectivity index (χ0v) is 14.0. The Hall–Kier alpha value is -2.28. The predicted molar refractivity (Wildman–Crippen MR) is 87.4 cm³/mol. The van der Waals surface area contributed by atoms with E-state index in [1.54, 1.807) is 17.9 Å². The molecule has 7 nitrogen and oxygen atoms in total. The van der Waals surface area contributed by atoms with Gasteiger partial charge < -0.3 is 19.5 Å². The summed E-state index contributed by atoms with van der Waals surface area (Å²) in [5.41, 5.74) is 1.62. The van der Waals surface area contributed by atoms with E-state index in [0.29, 0.717) is 41.3 Å². The van der Waals surface area contributed by atoms with Crippen molar-refractivity contribution in [1.82, 2.24) is 15.0 Å². The van der Waals surface area contributed by atoms with E-state index in [-0.39, 0.29) is 12.1 Å². The number of benzene rings is 1. The molecule has 1 aromatic carbocycles. The molecule has 8 heteroatoms. The van der Waals surface area contributed by atoms with E-state index in [9.17, 15) is 4.79 Å². The zero-order chi connectivity index (χ0) is 16.7. The summed E-state index contributed by atoms with van der Waals surface area (Å²) in [7, 11) is 0. The Kier molecular flexibility index (Phi) is 3.80. The molecule has 3 heterocycles. The highest BCUT2D eigenvalue weighted by molar-refractivity contribution is 6.31. The van der Waals surface area contributed by atoms with E-state index in [1.165, 1.54) is 0 Å². The van der Waals surface area contributed by atoms with Crippen molar-refractivity contribution in [1.29, 1.82) is 0 Å². The fourth-order valence-electron chi connectivity index (χ4n) is 3.28. The van der Waals surface area contributed by atoms with Gasteiger partial charge in [0.25, 0.3) is 0 Å². The van der Waals surface area contributed by atoms with Gasteiger partial charge in [-0.25, -0.2) is 4.79 Å². The molecule has 2 aliphatic rings. The van der Waals surface area contributed by atoms with E-state index in [4.69, 9.17) is 20.9 Å². The normalized spacial score (nSPS) is 19.2. The maximum atomic E-state index is 12.7. The number of carbonyl (C=O) groups excluding carboxylic acids is 1. The fourth-order valence-corrected chi connectivity index (χ4v) is 3.52. The standard InChI is InChI=1S/C16H17ClN4O3/c1-9-18-15(20-24-9)13-3-2-5-21(13)16(22)19-12-8-11(17)7-10-4-6-23-14(10)12/h7-8,13H,2-6H2,1H3,(H,19,22). The van der Waals surface area contributed by atoms with Gasteiger partial charge in [0.15, 0.2) is 5.82 Å². The van der Waals surface area contributed by atoms with Crippen LogP contribution in [0, 0.1) is 6.92 Å². The van der Waals surface area contributed by atoms with Crippen LogP contribution in [0.15, 0.2) is 16.7 Å². The third-order valence-corrected chi connectivity index (χ3v) is 4.56. The second-order valence-electron chi connectivity index (χ2n) is 5.99. The lowest BCUT2D eigenvalue weighted by Crippen LogP contribution is -2.35. The molecular weight excluding hydrogens is 332 g/mol. The number of hydrogen-bond donors (Lipinski definition) is 1. The summed E-state index contributed by atoms with van der Waals surface area (Å²) in [4.78, 5) is 18.7. The third-order valence-electron chi connectivity index (χ3n) is 4.35. The Labute approximate surface area is 143 Å². The summed E-state index contributed by atoms with van der Waals surface area (Å²) in [5.74, 6) is 1.75. The summed E-state index contributed by atoms with van der Waals surface area (Å²) >= 11 is 6.15. The minimum absolute atomic E-state index is 0.171. The Balaban J connectivity index is 1.56. The molecule has 0 radical (unpaired) electrons. The maximum Gasteiger partial charge on any atom is 0.322 e. The molecule has 2 amide bonds. The molecule has 0 saturated carbocycles. The molecule has 1 aromatic heterocycles. The number of urea groups is 1. The van der Waals surface area contributed by atoms with Crippen LogP contribution >= 0.6 is 11.6 Å². The predicted octanol–water partition coefficient (Wildman–Crippen LogP) is 3.34. The molecule has 2 aliphatic heterocycles. The minimum atomic E-state index is -0.208. The van der Waals surface area contributed by atoms with E-state index in [0.717, 1.165) is 24.8 Å². The van der Waals surface area contributed by atoms with Gasteiger partial charge in [-0.15, -0.1) is 0 Å². The monoisotopic (exact) mass is 348 g/mol. The van der Waals surface area contributed by atoms with Crippen molar-refractivity contribution >= 4 is 23.3 Å². The second-order valence-corrected chi connectivity index (χ2v) is 6.43. The summed E-state index contributed by atoms with van der Waals surface area (Å²) in [5, 5.41) is 7.46. The largest absolute Gasteiger partial charge is 0.491 e. The van der Waals surface area contributed by atoms with Gasteiger partial charge in [0.2, 0.25) is 5.89 Å². The average Bonchev–Trinajstić information content (AvgIpc) is 3.25. The molecule has 1 unspecified atom stereocenters. The number of aryl methyl sites for hydroxylation is 1. The lowest BCUT2D eigenvalue weighted by molar-refractivity contribution is 0.203. The Morgan fingerprint density at radius 2 is 2.33 bits per heavy atom. The number of carbonyl (C=O) groups is 1. The van der Waals surface area contributed by atoms with Crippen molar-refractivity contribution in [2.45, 2.75) is 32.2 Å². The molecule has 0 spiro atoms. The Bertz CT molecular complexity index is 792. The highest BCUT2D eigenvalue weighted by Crippen LogP contribution is 2.38. The van der Waals surface area contributed by atoms with Crippen molar-refractivity contribution in [3.63, 3.8) is 0 Å². The van der Waals surface area contributed by atoms with Crippen LogP contribution in [0.1, 0.15) is 36.2 Å². The molecule has 1 saturated heterocycles. The molecule has 1 fully saturated rings. The van der Waals surface area contributed by atoms with Crippen molar-refractivity contribution in [3.8, 4) is 5.75 Å². The van der Waals surface area contributed by atoms with E-state index in [1.807, 2.05) is 6.07 Å². The second kappa shape index (κ2) is 5.98. The first-order chi connectivity index (χ1) is 11.6. The summed E-state index contributed by atoms with van der Waals surface area (Å²) in [6.45, 7) is 2.99. The van der Waals surface area contributed by atoms with Crippen molar-refractivity contribution < 1.29 is 14.1 Å². The lowest BCUT2D eigenvalue weighted by atomic mass is 10.1. The Morgan fingerprint density at radius 1 is 1.46 bits per heavy atom. The first kappa shape index (κ1) is 15.3. The minimum Gasteiger partial charge on any atom is -0.491 e. The van der Waals surface area contributed by atoms with Crippen LogP contribution in [-0.2, 0) is 6.42 Å². The number of likely N-dealkylation sites (tertiary alicyclic amines) is 1. The van der Waals surface area contributed by atoms with Crippen LogP contribution < -0.4 is 10.1 Å². The van der Waals surface area contributed by atoms with Gasteiger partial charge in [-0.2, -0.15) is 4.98 Å². The molecule has 0 bridgehead atoms. The van der Waals surface area contributed by atoms with Crippen LogP contribution in [0.25, 0.3) is 0 Å². The third kappa shape index (κ3) is 2.69. The van der Waals surface area contributed by atoms with Crippen LogP contribution in [-0.4, -0.2) is 34.2 Å². The highest BCUT2D eigenvalue weighted by atomic mass is 35.5. The number of nitrogens with zero attached hydrogens (tertiary/aromatic N) is 3. The number of hydrogen-bond acceptors (Lipinski definition) is 5. The number of ether oxygens (including phenoxy) is 1. The summed E-state index contributed by atoms with van der Waals surface area (Å²) in [6.07, 6.45) is 2.51. The van der Waals surface area contributed by atoms with Gasteiger partial charge in [-0.1, -0.05) is 16.8 Å². The fraction of sp³-hybridized carbons (Fsp3) is 0.438. The number of amides is 2. The van der Waals surface area contributed by atoms with Crippen molar-refractivity contribution in [2.75, 3.05) is 18.5 Å². The molecule has 126 valence electrons. The van der Waals surface area contributed by atoms with Crippen LogP contribution in [0.5, 0.6) is 5.75 Å². The topological polar surface area (TPSA) is 80.5 Å². The SMILES string of the molecule is Cc1nc(C2CCCN2C(=O)Nc2cc(Cl)cc3c2OCC3)no1. The van der Waals surface area contributed by atoms with Gasteiger partial charge in [0.05, 0.1) is 18.3 Å². The zero-order valence-electron chi connectivity index (χ0n) is 13.2. The highest BCUT2D eigenvalue weighted by Gasteiger charge is 2.34. The van der Waals surface area contributed by atoms with E-state index < -0.39 is 0 Å². The molecule has 1 atom stereocenters. The number of halogens is 1. The molecule has 24 heavy (non-hydrogen) atoms. The maximum absolute atomic E-state index is 12.7. The van der Waals surface area contributed by atoms with E-state index >= 15 is 0 Å². The van der Waals surface area contributed by atoms with E-state index in [2.05, 4.69) is 15.5 Å². The summed E-state index contributed by atoms with van der Waals surface area (Å²) < 4.78 is 10.7. The molecule has 2 aromatic rings. The van der Waals surface area contributed by atoms with Gasteiger partial charge in [0.1, 0.15) is 5.75 Å². The van der Waals surface area contributed by atoms with Gasteiger partial charge >= 0.3 is 6.03 Å². The molecule has 4 rings (SSSR count). The Morgan fingerprint density at radius 3 is 3.12 bits per heavy atom. The van der Waals surface area contributed by atoms with Crippen LogP contribution in [0.4, 0.5) is 10.5 Å². The molecule has 0 aliphatic carbocycles.